The summed E-state index contributed by atoms with van der Waals surface area (Å²) in [4.78, 5) is 0. The van der Waals surface area contributed by atoms with Crippen LogP contribution < -0.4 is 0 Å². The van der Waals surface area contributed by atoms with Gasteiger partial charge in [0.25, 0.3) is 0 Å². The van der Waals surface area contributed by atoms with Gasteiger partial charge in [-0.2, -0.15) is 0 Å². The molecule has 0 spiro atoms. The first-order valence-corrected chi connectivity index (χ1v) is 16.2. The average Bonchev–Trinajstić information content (AvgIpc) is 2.40. The van der Waals surface area contributed by atoms with E-state index in [1.165, 1.54) is 43.0 Å². The van der Waals surface area contributed by atoms with Crippen LogP contribution in [-0.2, 0) is 4.43 Å². The zero-order valence-electron chi connectivity index (χ0n) is 12.6. The van der Waals surface area contributed by atoms with Crippen molar-refractivity contribution in [3.8, 4) is 0 Å². The van der Waals surface area contributed by atoms with E-state index in [0.29, 0.717) is 0 Å². The van der Waals surface area contributed by atoms with E-state index >= 15 is 0 Å². The molecule has 3 heteroatoms. The molecule has 0 aromatic heterocycles. The van der Waals surface area contributed by atoms with Crippen molar-refractivity contribution in [1.82, 2.24) is 0 Å². The first-order valence-electron chi connectivity index (χ1n) is 7.72. The van der Waals surface area contributed by atoms with Gasteiger partial charge in [0.05, 0.1) is 0 Å². The van der Waals surface area contributed by atoms with Crippen LogP contribution in [0.3, 0.4) is 0 Å². The first kappa shape index (κ1) is 18.6. The van der Waals surface area contributed by atoms with Gasteiger partial charge in [0, 0.05) is 0 Å². The van der Waals surface area contributed by atoms with Crippen molar-refractivity contribution in [2.75, 3.05) is 0 Å². The number of hydrogen-bond donors (Lipinski definition) is 0. The molecule has 1 nitrogen and oxygen atoms in total. The Labute approximate surface area is 122 Å². The second kappa shape index (κ2) is 12.6. The molecule has 105 valence electrons. The van der Waals surface area contributed by atoms with E-state index < -0.39 is 18.4 Å². The molecule has 3 radical (unpaired) electrons. The van der Waals surface area contributed by atoms with Crippen LogP contribution in [0.2, 0.25) is 17.7 Å². The molecular weight excluding hydrogens is 343 g/mol. The predicted molar refractivity (Wildman–Crippen MR) is 85.7 cm³/mol. The maximum atomic E-state index is 4.91. The van der Waals surface area contributed by atoms with Gasteiger partial charge in [-0.1, -0.05) is 0 Å². The van der Waals surface area contributed by atoms with Crippen LogP contribution in [-0.4, -0.2) is 28.9 Å². The summed E-state index contributed by atoms with van der Waals surface area (Å²) in [5.74, 6) is 0. The molecule has 0 heterocycles. The van der Waals surface area contributed by atoms with Crippen LogP contribution in [0.1, 0.15) is 59.3 Å². The summed E-state index contributed by atoms with van der Waals surface area (Å²) >= 11 is -1.90. The van der Waals surface area contributed by atoms with Gasteiger partial charge in [-0.05, 0) is 0 Å². The summed E-state index contributed by atoms with van der Waals surface area (Å²) in [5.41, 5.74) is 0. The molecule has 0 saturated carbocycles. The molecule has 0 rings (SSSR count). The SMILES string of the molecule is CCC[CH2][Sn]([CH2]/C=C/O[Si])([CH2]CCC)[CH2]CCC. The normalized spacial score (nSPS) is 12.2. The molecule has 0 saturated heterocycles. The molecule has 0 aliphatic carbocycles. The van der Waals surface area contributed by atoms with Crippen molar-refractivity contribution in [2.45, 2.75) is 77.0 Å². The van der Waals surface area contributed by atoms with Gasteiger partial charge in [-0.15, -0.1) is 0 Å². The van der Waals surface area contributed by atoms with Crippen molar-refractivity contribution in [1.29, 1.82) is 0 Å². The van der Waals surface area contributed by atoms with Gasteiger partial charge in [-0.25, -0.2) is 0 Å². The molecule has 0 N–H and O–H groups in total. The Morgan fingerprint density at radius 1 is 0.889 bits per heavy atom. The molecule has 0 bridgehead atoms. The molecule has 0 fully saturated rings. The molecule has 0 unspecified atom stereocenters. The summed E-state index contributed by atoms with van der Waals surface area (Å²) < 4.78 is 11.0. The van der Waals surface area contributed by atoms with E-state index in [-0.39, 0.29) is 0 Å². The Kier molecular flexibility index (Phi) is 13.0. The Morgan fingerprint density at radius 3 is 1.67 bits per heavy atom. The predicted octanol–water partition coefficient (Wildman–Crippen LogP) is 5.45. The third kappa shape index (κ3) is 8.62. The molecule has 0 aromatic rings. The van der Waals surface area contributed by atoms with Crippen molar-refractivity contribution < 1.29 is 4.43 Å². The molecule has 0 aromatic carbocycles. The monoisotopic (exact) mass is 375 g/mol. The fourth-order valence-electron chi connectivity index (χ4n) is 2.68. The van der Waals surface area contributed by atoms with Crippen LogP contribution in [0.4, 0.5) is 0 Å². The van der Waals surface area contributed by atoms with Crippen molar-refractivity contribution in [3.63, 3.8) is 0 Å². The summed E-state index contributed by atoms with van der Waals surface area (Å²) in [6, 6.07) is 0. The van der Waals surface area contributed by atoms with Crippen molar-refractivity contribution in [2.24, 2.45) is 0 Å². The number of allylic oxidation sites excluding steroid dienone is 1. The molecule has 0 amide bonds. The maximum absolute atomic E-state index is 4.91. The summed E-state index contributed by atoms with van der Waals surface area (Å²) in [5, 5.41) is 0. The Morgan fingerprint density at radius 2 is 1.33 bits per heavy atom. The quantitative estimate of drug-likeness (QED) is 0.326. The van der Waals surface area contributed by atoms with Crippen LogP contribution in [0.15, 0.2) is 12.3 Å². The van der Waals surface area contributed by atoms with E-state index in [9.17, 15) is 0 Å². The van der Waals surface area contributed by atoms with Gasteiger partial charge in [0.15, 0.2) is 0 Å². The standard InChI is InChI=1S/3C4H9.C3H4OSi.Sn/c3*1-3-4-2;1-2-3-4-5;/h3*1,3-4H2,2H3;2-3H,1H2;/b;;;3-2+;. The Balaban J connectivity index is 4.56. The van der Waals surface area contributed by atoms with Gasteiger partial charge in [-0.3, -0.25) is 0 Å². The Bertz CT molecular complexity index is 185. The number of hydrogen-bond acceptors (Lipinski definition) is 1. The van der Waals surface area contributed by atoms with Crippen molar-refractivity contribution >= 4 is 28.9 Å². The van der Waals surface area contributed by atoms with Crippen LogP contribution in [0.5, 0.6) is 0 Å². The topological polar surface area (TPSA) is 9.23 Å². The summed E-state index contributed by atoms with van der Waals surface area (Å²) in [7, 11) is 3.06. The van der Waals surface area contributed by atoms with Gasteiger partial charge in [0.1, 0.15) is 0 Å². The fourth-order valence-corrected chi connectivity index (χ4v) is 17.8. The van der Waals surface area contributed by atoms with Gasteiger partial charge < -0.3 is 0 Å². The second-order valence-corrected chi connectivity index (χ2v) is 19.7. The third-order valence-corrected chi connectivity index (χ3v) is 19.3. The van der Waals surface area contributed by atoms with Gasteiger partial charge >= 0.3 is 123 Å². The Hall–Kier alpha value is 0.556. The molecule has 0 atom stereocenters. The number of unbranched alkanes of at least 4 members (excludes halogenated alkanes) is 3. The van der Waals surface area contributed by atoms with Crippen LogP contribution in [0.25, 0.3) is 0 Å². The zero-order chi connectivity index (χ0) is 13.7. The summed E-state index contributed by atoms with van der Waals surface area (Å²) in [6.45, 7) is 6.98. The second-order valence-electron chi connectivity index (χ2n) is 5.50. The first-order chi connectivity index (χ1) is 8.74. The zero-order valence-corrected chi connectivity index (χ0v) is 16.5. The van der Waals surface area contributed by atoms with E-state index in [2.05, 4.69) is 37.3 Å². The van der Waals surface area contributed by atoms with Crippen LogP contribution >= 0.6 is 0 Å². The minimum atomic E-state index is -1.90. The summed E-state index contributed by atoms with van der Waals surface area (Å²) in [6.07, 6.45) is 12.5. The van der Waals surface area contributed by atoms with E-state index in [0.717, 1.165) is 0 Å². The minimum absolute atomic E-state index is 1.36. The molecule has 0 aliphatic heterocycles. The molecule has 0 aliphatic rings. The average molecular weight is 374 g/mol. The molecular formula is C15H31OSiSn. The third-order valence-electron chi connectivity index (χ3n) is 3.90. The van der Waals surface area contributed by atoms with Crippen molar-refractivity contribution in [3.05, 3.63) is 12.3 Å². The molecule has 18 heavy (non-hydrogen) atoms. The number of rotatable bonds is 12. The van der Waals surface area contributed by atoms with E-state index in [1.807, 2.05) is 6.26 Å². The van der Waals surface area contributed by atoms with E-state index in [1.54, 1.807) is 13.3 Å². The van der Waals surface area contributed by atoms with Crippen LogP contribution in [0, 0.1) is 0 Å². The van der Waals surface area contributed by atoms with Gasteiger partial charge in [0.2, 0.25) is 0 Å². The fraction of sp³-hybridized carbons (Fsp3) is 0.867. The van der Waals surface area contributed by atoms with E-state index in [4.69, 9.17) is 4.43 Å².